The third kappa shape index (κ3) is 2.13. The normalized spacial score (nSPS) is 10.3. The molecule has 0 atom stereocenters. The predicted octanol–water partition coefficient (Wildman–Crippen LogP) is 3.26. The van der Waals surface area contributed by atoms with Crippen molar-refractivity contribution in [3.05, 3.63) is 30.3 Å². The second kappa shape index (κ2) is 4.95. The van der Waals surface area contributed by atoms with Crippen molar-refractivity contribution in [1.29, 1.82) is 0 Å². The second-order valence-corrected chi connectivity index (χ2v) is 3.62. The Morgan fingerprint density at radius 1 is 0.941 bits per heavy atom. The molecule has 0 aliphatic rings. The molecule has 0 saturated heterocycles. The van der Waals surface area contributed by atoms with Gasteiger partial charge in [0, 0.05) is 5.39 Å². The van der Waals surface area contributed by atoms with Gasteiger partial charge in [-0.15, -0.1) is 0 Å². The molecular weight excluding hydrogens is 216 g/mol. The maximum atomic E-state index is 5.60. The van der Waals surface area contributed by atoms with Gasteiger partial charge in [-0.05, 0) is 30.5 Å². The van der Waals surface area contributed by atoms with Crippen LogP contribution in [0.3, 0.4) is 0 Å². The Bertz CT molecular complexity index is 520. The lowest BCUT2D eigenvalue weighted by Gasteiger charge is -2.12. The van der Waals surface area contributed by atoms with Crippen molar-refractivity contribution < 1.29 is 14.2 Å². The fraction of sp³-hybridized carbons (Fsp3) is 0.286. The highest BCUT2D eigenvalue weighted by Crippen LogP contribution is 2.36. The zero-order valence-corrected chi connectivity index (χ0v) is 10.3. The topological polar surface area (TPSA) is 27.7 Å². The van der Waals surface area contributed by atoms with E-state index in [-0.39, 0.29) is 0 Å². The van der Waals surface area contributed by atoms with E-state index in [1.165, 1.54) is 0 Å². The molecule has 3 nitrogen and oxygen atoms in total. The molecule has 0 saturated carbocycles. The van der Waals surface area contributed by atoms with Gasteiger partial charge < -0.3 is 14.2 Å². The zero-order valence-electron chi connectivity index (χ0n) is 10.3. The number of benzene rings is 2. The van der Waals surface area contributed by atoms with Crippen LogP contribution < -0.4 is 14.2 Å². The van der Waals surface area contributed by atoms with E-state index in [0.717, 1.165) is 22.3 Å². The molecular formula is C14H16O3. The van der Waals surface area contributed by atoms with Gasteiger partial charge in [0.05, 0.1) is 20.8 Å². The maximum Gasteiger partial charge on any atom is 0.161 e. The van der Waals surface area contributed by atoms with Crippen LogP contribution in [0.25, 0.3) is 10.8 Å². The standard InChI is InChI=1S/C14H16O3/c1-4-17-12-7-5-6-10-8-13(15-2)14(16-3)9-11(10)12/h5-9H,4H2,1-3H3. The van der Waals surface area contributed by atoms with Crippen molar-refractivity contribution in [2.24, 2.45) is 0 Å². The Labute approximate surface area is 101 Å². The van der Waals surface area contributed by atoms with Gasteiger partial charge in [-0.25, -0.2) is 0 Å². The molecule has 0 amide bonds. The van der Waals surface area contributed by atoms with Crippen LogP contribution in [0.4, 0.5) is 0 Å². The van der Waals surface area contributed by atoms with Gasteiger partial charge in [0.15, 0.2) is 11.5 Å². The molecule has 90 valence electrons. The number of hydrogen-bond donors (Lipinski definition) is 0. The van der Waals surface area contributed by atoms with Crippen molar-refractivity contribution in [2.75, 3.05) is 20.8 Å². The first-order valence-corrected chi connectivity index (χ1v) is 5.57. The summed E-state index contributed by atoms with van der Waals surface area (Å²) in [6.07, 6.45) is 0. The van der Waals surface area contributed by atoms with Gasteiger partial charge in [-0.1, -0.05) is 12.1 Å². The SMILES string of the molecule is CCOc1cccc2cc(OC)c(OC)cc12. The fourth-order valence-corrected chi connectivity index (χ4v) is 1.86. The summed E-state index contributed by atoms with van der Waals surface area (Å²) < 4.78 is 16.2. The third-order valence-corrected chi connectivity index (χ3v) is 2.64. The van der Waals surface area contributed by atoms with Crippen LogP contribution in [0, 0.1) is 0 Å². The highest BCUT2D eigenvalue weighted by Gasteiger charge is 2.08. The number of fused-ring (bicyclic) bond motifs is 1. The molecule has 17 heavy (non-hydrogen) atoms. The van der Waals surface area contributed by atoms with E-state index < -0.39 is 0 Å². The highest BCUT2D eigenvalue weighted by atomic mass is 16.5. The number of ether oxygens (including phenoxy) is 3. The van der Waals surface area contributed by atoms with Crippen LogP contribution in [0.5, 0.6) is 17.2 Å². The van der Waals surface area contributed by atoms with Gasteiger partial charge in [-0.2, -0.15) is 0 Å². The van der Waals surface area contributed by atoms with Crippen molar-refractivity contribution in [1.82, 2.24) is 0 Å². The van der Waals surface area contributed by atoms with Crippen molar-refractivity contribution in [2.45, 2.75) is 6.92 Å². The molecule has 2 rings (SSSR count). The minimum atomic E-state index is 0.646. The first kappa shape index (κ1) is 11.6. The molecule has 2 aromatic carbocycles. The molecule has 0 bridgehead atoms. The predicted molar refractivity (Wildman–Crippen MR) is 68.2 cm³/mol. The number of rotatable bonds is 4. The van der Waals surface area contributed by atoms with E-state index in [1.54, 1.807) is 14.2 Å². The van der Waals surface area contributed by atoms with Crippen molar-refractivity contribution >= 4 is 10.8 Å². The van der Waals surface area contributed by atoms with Gasteiger partial charge in [0.25, 0.3) is 0 Å². The van der Waals surface area contributed by atoms with Crippen LogP contribution >= 0.6 is 0 Å². The fourth-order valence-electron chi connectivity index (χ4n) is 1.86. The average Bonchev–Trinajstić information content (AvgIpc) is 2.38. The van der Waals surface area contributed by atoms with Crippen LogP contribution in [0.15, 0.2) is 30.3 Å². The summed E-state index contributed by atoms with van der Waals surface area (Å²) in [6, 6.07) is 9.85. The Morgan fingerprint density at radius 3 is 2.29 bits per heavy atom. The molecule has 0 N–H and O–H groups in total. The molecule has 0 fully saturated rings. The number of hydrogen-bond acceptors (Lipinski definition) is 3. The van der Waals surface area contributed by atoms with E-state index >= 15 is 0 Å². The molecule has 2 aromatic rings. The average molecular weight is 232 g/mol. The lowest BCUT2D eigenvalue weighted by Crippen LogP contribution is -1.94. The van der Waals surface area contributed by atoms with Crippen LogP contribution in [0.1, 0.15) is 6.92 Å². The summed E-state index contributed by atoms with van der Waals surface area (Å²) in [5.74, 6) is 2.31. The highest BCUT2D eigenvalue weighted by molar-refractivity contribution is 5.91. The maximum absolute atomic E-state index is 5.60. The summed E-state index contributed by atoms with van der Waals surface area (Å²) in [5, 5.41) is 2.11. The summed E-state index contributed by atoms with van der Waals surface area (Å²) in [5.41, 5.74) is 0. The van der Waals surface area contributed by atoms with Gasteiger partial charge in [-0.3, -0.25) is 0 Å². The van der Waals surface area contributed by atoms with Crippen LogP contribution in [-0.2, 0) is 0 Å². The van der Waals surface area contributed by atoms with Crippen LogP contribution in [-0.4, -0.2) is 20.8 Å². The van der Waals surface area contributed by atoms with E-state index in [0.29, 0.717) is 12.4 Å². The Balaban J connectivity index is 2.64. The first-order valence-electron chi connectivity index (χ1n) is 5.57. The zero-order chi connectivity index (χ0) is 12.3. The van der Waals surface area contributed by atoms with E-state index in [2.05, 4.69) is 0 Å². The summed E-state index contributed by atoms with van der Waals surface area (Å²) in [4.78, 5) is 0. The Kier molecular flexibility index (Phi) is 3.38. The summed E-state index contributed by atoms with van der Waals surface area (Å²) in [6.45, 7) is 2.62. The van der Waals surface area contributed by atoms with Crippen molar-refractivity contribution in [3.63, 3.8) is 0 Å². The smallest absolute Gasteiger partial charge is 0.161 e. The second-order valence-electron chi connectivity index (χ2n) is 3.62. The Hall–Kier alpha value is -1.90. The van der Waals surface area contributed by atoms with Gasteiger partial charge in [0.1, 0.15) is 5.75 Å². The monoisotopic (exact) mass is 232 g/mol. The largest absolute Gasteiger partial charge is 0.493 e. The van der Waals surface area contributed by atoms with Crippen LogP contribution in [0.2, 0.25) is 0 Å². The summed E-state index contributed by atoms with van der Waals surface area (Å²) >= 11 is 0. The Morgan fingerprint density at radius 2 is 1.65 bits per heavy atom. The van der Waals surface area contributed by atoms with E-state index in [9.17, 15) is 0 Å². The lowest BCUT2D eigenvalue weighted by atomic mass is 10.1. The molecule has 3 heteroatoms. The van der Waals surface area contributed by atoms with Gasteiger partial charge in [0.2, 0.25) is 0 Å². The molecule has 0 aliphatic heterocycles. The summed E-state index contributed by atoms with van der Waals surface area (Å²) in [7, 11) is 3.27. The molecule has 0 spiro atoms. The third-order valence-electron chi connectivity index (χ3n) is 2.64. The molecule has 0 unspecified atom stereocenters. The molecule has 0 aliphatic carbocycles. The molecule has 0 aromatic heterocycles. The molecule has 0 heterocycles. The minimum Gasteiger partial charge on any atom is -0.493 e. The van der Waals surface area contributed by atoms with Gasteiger partial charge >= 0.3 is 0 Å². The first-order chi connectivity index (χ1) is 8.30. The van der Waals surface area contributed by atoms with Crippen molar-refractivity contribution in [3.8, 4) is 17.2 Å². The number of methoxy groups -OCH3 is 2. The lowest BCUT2D eigenvalue weighted by molar-refractivity contribution is 0.343. The van der Waals surface area contributed by atoms with E-state index in [1.807, 2.05) is 37.3 Å². The minimum absolute atomic E-state index is 0.646. The van der Waals surface area contributed by atoms with E-state index in [4.69, 9.17) is 14.2 Å². The quantitative estimate of drug-likeness (QED) is 0.809. The molecule has 0 radical (unpaired) electrons.